The van der Waals surface area contributed by atoms with Gasteiger partial charge in [0.1, 0.15) is 5.75 Å². The molecule has 0 saturated carbocycles. The van der Waals surface area contributed by atoms with Crippen molar-refractivity contribution < 1.29 is 4.74 Å². The van der Waals surface area contributed by atoms with Crippen LogP contribution in [-0.2, 0) is 0 Å². The van der Waals surface area contributed by atoms with Gasteiger partial charge in [0.25, 0.3) is 0 Å². The van der Waals surface area contributed by atoms with Gasteiger partial charge in [-0.2, -0.15) is 0 Å². The van der Waals surface area contributed by atoms with Crippen LogP contribution in [0.4, 0.5) is 0 Å². The van der Waals surface area contributed by atoms with Crippen molar-refractivity contribution in [1.29, 1.82) is 0 Å². The molecular formula is C13H12BrClOS. The van der Waals surface area contributed by atoms with E-state index in [0.29, 0.717) is 0 Å². The standard InChI is InChI=1S/C13H12BrClOS/c1-8-7-9(16-2)3-4-10(8)13(14)11-5-6-12(15)17-11/h3-7,13H,1-2H3. The number of benzene rings is 1. The second-order valence-corrected chi connectivity index (χ2v) is 6.39. The van der Waals surface area contributed by atoms with Crippen molar-refractivity contribution in [1.82, 2.24) is 0 Å². The van der Waals surface area contributed by atoms with Crippen LogP contribution in [0.2, 0.25) is 4.34 Å². The first-order chi connectivity index (χ1) is 8.11. The molecule has 1 unspecified atom stereocenters. The molecule has 0 radical (unpaired) electrons. The first kappa shape index (κ1) is 12.9. The summed E-state index contributed by atoms with van der Waals surface area (Å²) in [4.78, 5) is 1.40. The molecule has 0 fully saturated rings. The van der Waals surface area contributed by atoms with Gasteiger partial charge >= 0.3 is 0 Å². The fourth-order valence-electron chi connectivity index (χ4n) is 1.68. The van der Waals surface area contributed by atoms with Crippen molar-refractivity contribution in [2.24, 2.45) is 0 Å². The number of halogens is 2. The fourth-order valence-corrected chi connectivity index (χ4v) is 3.68. The van der Waals surface area contributed by atoms with Crippen LogP contribution >= 0.6 is 38.9 Å². The Morgan fingerprint density at radius 2 is 2.06 bits per heavy atom. The van der Waals surface area contributed by atoms with E-state index in [2.05, 4.69) is 35.0 Å². The largest absolute Gasteiger partial charge is 0.497 e. The summed E-state index contributed by atoms with van der Waals surface area (Å²) in [5.41, 5.74) is 2.44. The van der Waals surface area contributed by atoms with Crippen LogP contribution in [-0.4, -0.2) is 7.11 Å². The van der Waals surface area contributed by atoms with Gasteiger partial charge in [0.15, 0.2) is 0 Å². The number of rotatable bonds is 3. The van der Waals surface area contributed by atoms with Crippen LogP contribution in [0, 0.1) is 6.92 Å². The lowest BCUT2D eigenvalue weighted by atomic mass is 10.0. The van der Waals surface area contributed by atoms with Gasteiger partial charge < -0.3 is 4.74 Å². The van der Waals surface area contributed by atoms with E-state index >= 15 is 0 Å². The molecule has 1 atom stereocenters. The highest BCUT2D eigenvalue weighted by atomic mass is 79.9. The maximum Gasteiger partial charge on any atom is 0.119 e. The Labute approximate surface area is 119 Å². The summed E-state index contributed by atoms with van der Waals surface area (Å²) in [7, 11) is 1.68. The van der Waals surface area contributed by atoms with Crippen LogP contribution in [0.15, 0.2) is 30.3 Å². The van der Waals surface area contributed by atoms with Crippen LogP contribution in [0.3, 0.4) is 0 Å². The summed E-state index contributed by atoms with van der Waals surface area (Å²) in [6.45, 7) is 2.08. The number of ether oxygens (including phenoxy) is 1. The maximum absolute atomic E-state index is 5.96. The number of hydrogen-bond donors (Lipinski definition) is 0. The number of aryl methyl sites for hydroxylation is 1. The zero-order valence-corrected chi connectivity index (χ0v) is 12.7. The fraction of sp³-hybridized carbons (Fsp3) is 0.231. The lowest BCUT2D eigenvalue weighted by molar-refractivity contribution is 0.414. The van der Waals surface area contributed by atoms with E-state index in [0.717, 1.165) is 10.1 Å². The summed E-state index contributed by atoms with van der Waals surface area (Å²) in [5.74, 6) is 0.884. The Morgan fingerprint density at radius 3 is 2.59 bits per heavy atom. The lowest BCUT2D eigenvalue weighted by Crippen LogP contribution is -1.94. The molecular weight excluding hydrogens is 320 g/mol. The van der Waals surface area contributed by atoms with Crippen LogP contribution in [0.1, 0.15) is 20.8 Å². The third-order valence-electron chi connectivity index (χ3n) is 2.59. The van der Waals surface area contributed by atoms with E-state index in [1.165, 1.54) is 16.0 Å². The van der Waals surface area contributed by atoms with E-state index < -0.39 is 0 Å². The van der Waals surface area contributed by atoms with Gasteiger partial charge in [-0.25, -0.2) is 0 Å². The van der Waals surface area contributed by atoms with Crippen molar-refractivity contribution in [3.63, 3.8) is 0 Å². The summed E-state index contributed by atoms with van der Waals surface area (Å²) < 4.78 is 6.02. The molecule has 0 N–H and O–H groups in total. The predicted molar refractivity (Wildman–Crippen MR) is 77.8 cm³/mol. The topological polar surface area (TPSA) is 9.23 Å². The van der Waals surface area contributed by atoms with Crippen LogP contribution in [0.25, 0.3) is 0 Å². The van der Waals surface area contributed by atoms with Crippen LogP contribution in [0.5, 0.6) is 5.75 Å². The zero-order valence-electron chi connectivity index (χ0n) is 9.54. The summed E-state index contributed by atoms with van der Waals surface area (Å²) in [5, 5.41) is 0. The quantitative estimate of drug-likeness (QED) is 0.702. The van der Waals surface area contributed by atoms with E-state index in [9.17, 15) is 0 Å². The minimum absolute atomic E-state index is 0.186. The van der Waals surface area contributed by atoms with Crippen molar-refractivity contribution >= 4 is 38.9 Å². The molecule has 4 heteroatoms. The Kier molecular flexibility index (Phi) is 4.13. The third-order valence-corrected chi connectivity index (χ3v) is 5.18. The van der Waals surface area contributed by atoms with Crippen molar-refractivity contribution in [3.8, 4) is 5.75 Å². The third kappa shape index (κ3) is 2.84. The monoisotopic (exact) mass is 330 g/mol. The number of methoxy groups -OCH3 is 1. The number of hydrogen-bond acceptors (Lipinski definition) is 2. The Balaban J connectivity index is 2.34. The summed E-state index contributed by atoms with van der Waals surface area (Å²) in [6.07, 6.45) is 0. The highest BCUT2D eigenvalue weighted by Crippen LogP contribution is 2.38. The van der Waals surface area contributed by atoms with Crippen molar-refractivity contribution in [2.45, 2.75) is 11.8 Å². The Hall–Kier alpha value is -0.510. The molecule has 1 heterocycles. The summed E-state index contributed by atoms with van der Waals surface area (Å²) >= 11 is 11.3. The lowest BCUT2D eigenvalue weighted by Gasteiger charge is -2.12. The molecule has 1 aromatic heterocycles. The Bertz CT molecular complexity index is 524. The molecule has 90 valence electrons. The van der Waals surface area contributed by atoms with Crippen LogP contribution < -0.4 is 4.74 Å². The van der Waals surface area contributed by atoms with E-state index in [1.807, 2.05) is 18.2 Å². The number of alkyl halides is 1. The van der Waals surface area contributed by atoms with E-state index in [4.69, 9.17) is 16.3 Å². The molecule has 1 nitrogen and oxygen atoms in total. The molecule has 0 aliphatic rings. The SMILES string of the molecule is COc1ccc(C(Br)c2ccc(Cl)s2)c(C)c1. The summed E-state index contributed by atoms with van der Waals surface area (Å²) in [6, 6.07) is 10.1. The molecule has 0 spiro atoms. The van der Waals surface area contributed by atoms with Gasteiger partial charge in [-0.3, -0.25) is 0 Å². The molecule has 0 aliphatic carbocycles. The van der Waals surface area contributed by atoms with Gasteiger partial charge in [0, 0.05) is 4.88 Å². The second kappa shape index (κ2) is 5.42. The molecule has 0 bridgehead atoms. The predicted octanol–water partition coefficient (Wildman–Crippen LogP) is 5.20. The van der Waals surface area contributed by atoms with Gasteiger partial charge in [0.2, 0.25) is 0 Å². The zero-order chi connectivity index (χ0) is 12.4. The molecule has 0 saturated heterocycles. The smallest absolute Gasteiger partial charge is 0.119 e. The molecule has 0 aliphatic heterocycles. The van der Waals surface area contributed by atoms with Gasteiger partial charge in [-0.1, -0.05) is 33.6 Å². The first-order valence-electron chi connectivity index (χ1n) is 5.15. The normalized spacial score (nSPS) is 12.5. The average Bonchev–Trinajstić information content (AvgIpc) is 2.75. The van der Waals surface area contributed by atoms with E-state index in [-0.39, 0.29) is 4.83 Å². The van der Waals surface area contributed by atoms with E-state index in [1.54, 1.807) is 18.4 Å². The molecule has 0 amide bonds. The molecule has 17 heavy (non-hydrogen) atoms. The number of thiophene rings is 1. The molecule has 2 rings (SSSR count). The Morgan fingerprint density at radius 1 is 1.29 bits per heavy atom. The van der Waals surface area contributed by atoms with Gasteiger partial charge in [0.05, 0.1) is 16.3 Å². The van der Waals surface area contributed by atoms with Gasteiger partial charge in [-0.15, -0.1) is 11.3 Å². The molecule has 1 aromatic carbocycles. The van der Waals surface area contributed by atoms with Gasteiger partial charge in [-0.05, 0) is 42.3 Å². The highest BCUT2D eigenvalue weighted by molar-refractivity contribution is 9.09. The van der Waals surface area contributed by atoms with Crippen molar-refractivity contribution in [2.75, 3.05) is 7.11 Å². The maximum atomic E-state index is 5.96. The first-order valence-corrected chi connectivity index (χ1v) is 7.26. The molecule has 2 aromatic rings. The second-order valence-electron chi connectivity index (χ2n) is 3.73. The minimum atomic E-state index is 0.186. The highest BCUT2D eigenvalue weighted by Gasteiger charge is 2.15. The average molecular weight is 332 g/mol. The minimum Gasteiger partial charge on any atom is -0.497 e. The van der Waals surface area contributed by atoms with Crippen molar-refractivity contribution in [3.05, 3.63) is 50.7 Å².